The number of fused-ring (bicyclic) bond motifs is 1. The first-order chi connectivity index (χ1) is 17.4. The van der Waals surface area contributed by atoms with E-state index in [1.54, 1.807) is 46.8 Å². The van der Waals surface area contributed by atoms with Crippen LogP contribution in [-0.2, 0) is 5.75 Å². The van der Waals surface area contributed by atoms with Crippen LogP contribution in [-0.4, -0.2) is 21.4 Å². The van der Waals surface area contributed by atoms with E-state index < -0.39 is 0 Å². The molecule has 182 valence electrons. The standard InChI is InChI=1S/C28H22Cl2FN3OS/c1-17(19-5-3-2-4-6-19)32-28(35)27-23-16-36-15-20(13-18-7-10-22(31)11-8-18)26(23)33-34(27)25-12-9-21(29)14-24(25)30/h2-14,17H,15-16H2,1H3,(H,32,35)/b20-13+/t17-/m1/s1. The molecular formula is C28H22Cl2FN3OS. The van der Waals surface area contributed by atoms with Crippen molar-refractivity contribution in [3.05, 3.63) is 117 Å². The molecule has 36 heavy (non-hydrogen) atoms. The molecule has 1 aliphatic heterocycles. The van der Waals surface area contributed by atoms with Crippen molar-refractivity contribution in [3.8, 4) is 5.69 Å². The molecular weight excluding hydrogens is 516 g/mol. The van der Waals surface area contributed by atoms with Gasteiger partial charge in [-0.2, -0.15) is 16.9 Å². The van der Waals surface area contributed by atoms with Gasteiger partial charge in [-0.25, -0.2) is 9.07 Å². The highest BCUT2D eigenvalue weighted by atomic mass is 35.5. The van der Waals surface area contributed by atoms with E-state index in [4.69, 9.17) is 28.3 Å². The average Bonchev–Trinajstić information content (AvgIpc) is 3.26. The van der Waals surface area contributed by atoms with Crippen molar-refractivity contribution in [1.29, 1.82) is 0 Å². The fourth-order valence-electron chi connectivity index (χ4n) is 4.20. The van der Waals surface area contributed by atoms with Crippen molar-refractivity contribution >= 4 is 52.5 Å². The molecule has 1 atom stereocenters. The molecule has 0 saturated carbocycles. The lowest BCUT2D eigenvalue weighted by molar-refractivity contribution is 0.0931. The highest BCUT2D eigenvalue weighted by Crippen LogP contribution is 2.37. The lowest BCUT2D eigenvalue weighted by atomic mass is 10.0. The maximum atomic E-state index is 13.7. The van der Waals surface area contributed by atoms with Crippen molar-refractivity contribution in [1.82, 2.24) is 15.1 Å². The molecule has 1 aliphatic rings. The van der Waals surface area contributed by atoms with E-state index in [9.17, 15) is 9.18 Å². The number of benzene rings is 3. The number of hydrogen-bond donors (Lipinski definition) is 1. The number of carbonyl (C=O) groups excluding carboxylic acids is 1. The number of carbonyl (C=O) groups is 1. The smallest absolute Gasteiger partial charge is 0.270 e. The van der Waals surface area contributed by atoms with Gasteiger partial charge in [0.1, 0.15) is 11.5 Å². The maximum absolute atomic E-state index is 13.7. The second-order valence-electron chi connectivity index (χ2n) is 8.50. The van der Waals surface area contributed by atoms with Crippen molar-refractivity contribution in [2.45, 2.75) is 18.7 Å². The molecule has 0 unspecified atom stereocenters. The van der Waals surface area contributed by atoms with Crippen molar-refractivity contribution in [3.63, 3.8) is 0 Å². The summed E-state index contributed by atoms with van der Waals surface area (Å²) in [6, 6.07) is 21.0. The minimum Gasteiger partial charge on any atom is -0.344 e. The van der Waals surface area contributed by atoms with Gasteiger partial charge < -0.3 is 5.32 Å². The summed E-state index contributed by atoms with van der Waals surface area (Å²) in [6.45, 7) is 1.95. The fraction of sp³-hybridized carbons (Fsp3) is 0.143. The molecule has 0 bridgehead atoms. The van der Waals surface area contributed by atoms with Gasteiger partial charge in [0.05, 0.1) is 22.4 Å². The van der Waals surface area contributed by atoms with Gasteiger partial charge in [-0.15, -0.1) is 0 Å². The summed E-state index contributed by atoms with van der Waals surface area (Å²) in [5.74, 6) is 0.819. The number of halogens is 3. The Balaban J connectivity index is 1.61. The predicted molar refractivity (Wildman–Crippen MR) is 146 cm³/mol. The monoisotopic (exact) mass is 537 g/mol. The van der Waals surface area contributed by atoms with Gasteiger partial charge in [0, 0.05) is 22.1 Å². The van der Waals surface area contributed by atoms with Crippen LogP contribution in [0.2, 0.25) is 10.0 Å². The minimum absolute atomic E-state index is 0.205. The van der Waals surface area contributed by atoms with Gasteiger partial charge in [-0.05, 0) is 60.0 Å². The number of thioether (sulfide) groups is 1. The predicted octanol–water partition coefficient (Wildman–Crippen LogP) is 7.60. The van der Waals surface area contributed by atoms with Gasteiger partial charge >= 0.3 is 0 Å². The van der Waals surface area contributed by atoms with E-state index >= 15 is 0 Å². The Bertz CT molecular complexity index is 1450. The number of amides is 1. The van der Waals surface area contributed by atoms with Crippen LogP contribution in [0.4, 0.5) is 4.39 Å². The molecule has 4 nitrogen and oxygen atoms in total. The summed E-state index contributed by atoms with van der Waals surface area (Å²) in [5, 5.41) is 8.89. The zero-order chi connectivity index (χ0) is 25.2. The number of hydrogen-bond acceptors (Lipinski definition) is 3. The minimum atomic E-state index is -0.288. The van der Waals surface area contributed by atoms with E-state index in [1.807, 2.05) is 43.3 Å². The second kappa shape index (κ2) is 10.5. The Morgan fingerprint density at radius 2 is 1.83 bits per heavy atom. The summed E-state index contributed by atoms with van der Waals surface area (Å²) in [7, 11) is 0. The third-order valence-electron chi connectivity index (χ3n) is 6.00. The summed E-state index contributed by atoms with van der Waals surface area (Å²) < 4.78 is 15.0. The Morgan fingerprint density at radius 3 is 2.56 bits per heavy atom. The Hall–Kier alpha value is -3.06. The largest absolute Gasteiger partial charge is 0.344 e. The first kappa shape index (κ1) is 24.6. The average molecular weight is 538 g/mol. The highest BCUT2D eigenvalue weighted by Gasteiger charge is 2.30. The molecule has 0 spiro atoms. The zero-order valence-electron chi connectivity index (χ0n) is 19.3. The Morgan fingerprint density at radius 1 is 1.08 bits per heavy atom. The summed E-state index contributed by atoms with van der Waals surface area (Å²) in [6.07, 6.45) is 1.99. The normalized spacial score (nSPS) is 14.9. The fourth-order valence-corrected chi connectivity index (χ4v) is 5.71. The van der Waals surface area contributed by atoms with Crippen LogP contribution in [0.3, 0.4) is 0 Å². The number of nitrogens with one attached hydrogen (secondary N) is 1. The SMILES string of the molecule is C[C@@H](NC(=O)c1c2c(nn1-c1ccc(Cl)cc1Cl)/C(=C/c1ccc(F)cc1)CSC2)c1ccccc1. The molecule has 8 heteroatoms. The van der Waals surface area contributed by atoms with Crippen LogP contribution >= 0.6 is 35.0 Å². The van der Waals surface area contributed by atoms with Crippen LogP contribution in [0.5, 0.6) is 0 Å². The Labute approximate surface area is 223 Å². The molecule has 1 aromatic heterocycles. The van der Waals surface area contributed by atoms with E-state index in [-0.39, 0.29) is 17.8 Å². The molecule has 0 saturated heterocycles. The van der Waals surface area contributed by atoms with Crippen LogP contribution in [0.15, 0.2) is 72.8 Å². The van der Waals surface area contributed by atoms with Crippen LogP contribution in [0, 0.1) is 5.82 Å². The zero-order valence-corrected chi connectivity index (χ0v) is 21.7. The quantitative estimate of drug-likeness (QED) is 0.285. The molecule has 2 heterocycles. The van der Waals surface area contributed by atoms with Crippen LogP contribution < -0.4 is 5.32 Å². The van der Waals surface area contributed by atoms with Crippen molar-refractivity contribution in [2.75, 3.05) is 5.75 Å². The molecule has 0 radical (unpaired) electrons. The number of aromatic nitrogens is 2. The summed E-state index contributed by atoms with van der Waals surface area (Å²) in [5.41, 5.74) is 5.41. The van der Waals surface area contributed by atoms with Gasteiger partial charge in [0.2, 0.25) is 0 Å². The third-order valence-corrected chi connectivity index (χ3v) is 7.55. The molecule has 1 N–H and O–H groups in total. The molecule has 3 aromatic carbocycles. The van der Waals surface area contributed by atoms with Gasteiger partial charge in [-0.1, -0.05) is 65.7 Å². The molecule has 4 aromatic rings. The van der Waals surface area contributed by atoms with Crippen LogP contribution in [0.1, 0.15) is 45.8 Å². The number of rotatable bonds is 5. The van der Waals surface area contributed by atoms with Gasteiger partial charge in [-0.3, -0.25) is 4.79 Å². The molecule has 1 amide bonds. The Kier molecular flexibility index (Phi) is 7.19. The van der Waals surface area contributed by atoms with E-state index in [1.165, 1.54) is 12.1 Å². The molecule has 0 fully saturated rings. The summed E-state index contributed by atoms with van der Waals surface area (Å²) >= 11 is 14.4. The van der Waals surface area contributed by atoms with E-state index in [0.717, 1.165) is 33.7 Å². The second-order valence-corrected chi connectivity index (χ2v) is 10.3. The highest BCUT2D eigenvalue weighted by molar-refractivity contribution is 7.99. The van der Waals surface area contributed by atoms with Gasteiger partial charge in [0.15, 0.2) is 0 Å². The lowest BCUT2D eigenvalue weighted by Gasteiger charge is -2.18. The van der Waals surface area contributed by atoms with Crippen molar-refractivity contribution < 1.29 is 9.18 Å². The topological polar surface area (TPSA) is 46.9 Å². The van der Waals surface area contributed by atoms with Crippen LogP contribution in [0.25, 0.3) is 17.3 Å². The maximum Gasteiger partial charge on any atom is 0.270 e. The third kappa shape index (κ3) is 5.07. The van der Waals surface area contributed by atoms with E-state index in [2.05, 4.69) is 5.32 Å². The summed E-state index contributed by atoms with van der Waals surface area (Å²) in [4.78, 5) is 13.7. The first-order valence-electron chi connectivity index (χ1n) is 11.4. The lowest BCUT2D eigenvalue weighted by Crippen LogP contribution is -2.29. The van der Waals surface area contributed by atoms with Crippen molar-refractivity contribution in [2.24, 2.45) is 0 Å². The number of nitrogens with zero attached hydrogens (tertiary/aromatic N) is 2. The molecule has 0 aliphatic carbocycles. The first-order valence-corrected chi connectivity index (χ1v) is 13.3. The van der Waals surface area contributed by atoms with E-state index in [0.29, 0.717) is 27.2 Å². The molecule has 5 rings (SSSR count). The van der Waals surface area contributed by atoms with Gasteiger partial charge in [0.25, 0.3) is 5.91 Å².